The Morgan fingerprint density at radius 2 is 2.05 bits per heavy atom. The lowest BCUT2D eigenvalue weighted by molar-refractivity contribution is -0.136. The van der Waals surface area contributed by atoms with Crippen molar-refractivity contribution in [3.63, 3.8) is 0 Å². The van der Waals surface area contributed by atoms with Crippen LogP contribution in [0.15, 0.2) is 39.9 Å². The molecule has 2 rings (SSSR count). The van der Waals surface area contributed by atoms with Crippen LogP contribution in [0.5, 0.6) is 5.75 Å². The van der Waals surface area contributed by atoms with E-state index in [4.69, 9.17) is 5.11 Å². The van der Waals surface area contributed by atoms with E-state index in [1.54, 1.807) is 11.4 Å². The van der Waals surface area contributed by atoms with E-state index in [1.807, 2.05) is 0 Å². The highest BCUT2D eigenvalue weighted by atomic mass is 32.2. The number of phenolic OH excluding ortho intramolecular Hbond substituents is 1. The number of carboxylic acids is 1. The Labute approximate surface area is 119 Å². The topological polar surface area (TPSA) is 104 Å². The number of hydrogen-bond donors (Lipinski definition) is 3. The van der Waals surface area contributed by atoms with Gasteiger partial charge in [0, 0.05) is 0 Å². The zero-order valence-electron chi connectivity index (χ0n) is 10.1. The molecular weight excluding hydrogens is 302 g/mol. The Kier molecular flexibility index (Phi) is 3.96. The Balaban J connectivity index is 2.31. The van der Waals surface area contributed by atoms with Crippen molar-refractivity contribution >= 4 is 33.0 Å². The zero-order chi connectivity index (χ0) is 14.8. The summed E-state index contributed by atoms with van der Waals surface area (Å²) in [6.07, 6.45) is -0.256. The molecule has 0 saturated heterocycles. The minimum absolute atomic E-state index is 0.0443. The van der Waals surface area contributed by atoms with Crippen molar-refractivity contribution in [3.05, 3.63) is 41.3 Å². The lowest BCUT2D eigenvalue weighted by atomic mass is 10.1. The van der Waals surface area contributed by atoms with Crippen LogP contribution in [-0.2, 0) is 21.2 Å². The zero-order valence-corrected chi connectivity index (χ0v) is 11.7. The van der Waals surface area contributed by atoms with Crippen LogP contribution < -0.4 is 4.72 Å². The van der Waals surface area contributed by atoms with Crippen LogP contribution in [0, 0.1) is 0 Å². The summed E-state index contributed by atoms with van der Waals surface area (Å²) in [4.78, 5) is 10.6. The molecule has 0 radical (unpaired) electrons. The van der Waals surface area contributed by atoms with Gasteiger partial charge in [-0.2, -0.15) is 0 Å². The molecule has 0 fully saturated rings. The molecule has 3 N–H and O–H groups in total. The molecule has 106 valence electrons. The first-order chi connectivity index (χ1) is 9.38. The maximum atomic E-state index is 12.0. The van der Waals surface area contributed by atoms with Crippen LogP contribution in [0.4, 0.5) is 5.69 Å². The molecule has 8 heteroatoms. The number of aliphatic carboxylic acids is 1. The Bertz CT molecular complexity index is 722. The average molecular weight is 313 g/mol. The van der Waals surface area contributed by atoms with Gasteiger partial charge in [0.05, 0.1) is 12.1 Å². The normalized spacial score (nSPS) is 11.2. The molecule has 6 nitrogen and oxygen atoms in total. The monoisotopic (exact) mass is 313 g/mol. The second-order valence-electron chi connectivity index (χ2n) is 3.96. The third-order valence-electron chi connectivity index (χ3n) is 2.42. The van der Waals surface area contributed by atoms with Crippen molar-refractivity contribution < 1.29 is 23.4 Å². The SMILES string of the molecule is O=C(O)Cc1ccc(O)c(NS(=O)(=O)c2cccs2)c1. The number of phenols is 1. The Hall–Kier alpha value is -2.06. The minimum atomic E-state index is -3.78. The van der Waals surface area contributed by atoms with Crippen molar-refractivity contribution in [2.75, 3.05) is 4.72 Å². The quantitative estimate of drug-likeness (QED) is 0.731. The number of sulfonamides is 1. The predicted octanol–water partition coefficient (Wildman–Crippen LogP) is 1.88. The van der Waals surface area contributed by atoms with Crippen LogP contribution in [0.3, 0.4) is 0 Å². The highest BCUT2D eigenvalue weighted by molar-refractivity contribution is 7.94. The Morgan fingerprint density at radius 1 is 1.30 bits per heavy atom. The van der Waals surface area contributed by atoms with Gasteiger partial charge in [-0.1, -0.05) is 12.1 Å². The number of thiophene rings is 1. The molecule has 0 amide bonds. The van der Waals surface area contributed by atoms with Crippen molar-refractivity contribution in [2.45, 2.75) is 10.6 Å². The molecule has 1 aromatic carbocycles. The molecule has 0 atom stereocenters. The molecule has 0 aliphatic carbocycles. The molecule has 0 aliphatic heterocycles. The third kappa shape index (κ3) is 3.28. The molecule has 2 aromatic rings. The van der Waals surface area contributed by atoms with Gasteiger partial charge in [-0.3, -0.25) is 9.52 Å². The number of hydrogen-bond acceptors (Lipinski definition) is 5. The number of rotatable bonds is 5. The van der Waals surface area contributed by atoms with Crippen molar-refractivity contribution in [3.8, 4) is 5.75 Å². The minimum Gasteiger partial charge on any atom is -0.506 e. The lowest BCUT2D eigenvalue weighted by Crippen LogP contribution is -2.12. The van der Waals surface area contributed by atoms with Crippen molar-refractivity contribution in [1.29, 1.82) is 0 Å². The summed E-state index contributed by atoms with van der Waals surface area (Å²) in [6, 6.07) is 7.01. The van der Waals surface area contributed by atoms with Gasteiger partial charge in [-0.05, 0) is 29.1 Å². The van der Waals surface area contributed by atoms with E-state index < -0.39 is 16.0 Å². The summed E-state index contributed by atoms with van der Waals surface area (Å²) in [5.74, 6) is -1.30. The van der Waals surface area contributed by atoms with E-state index in [0.29, 0.717) is 5.56 Å². The second kappa shape index (κ2) is 5.51. The maximum Gasteiger partial charge on any atom is 0.307 e. The van der Waals surface area contributed by atoms with Crippen LogP contribution in [-0.4, -0.2) is 24.6 Å². The molecule has 0 unspecified atom stereocenters. The number of nitrogens with one attached hydrogen (secondary N) is 1. The number of carboxylic acid groups (broad SMARTS) is 1. The second-order valence-corrected chi connectivity index (χ2v) is 6.82. The average Bonchev–Trinajstić information content (AvgIpc) is 2.87. The van der Waals surface area contributed by atoms with Gasteiger partial charge >= 0.3 is 5.97 Å². The van der Waals surface area contributed by atoms with E-state index in [2.05, 4.69) is 4.72 Å². The molecule has 20 heavy (non-hydrogen) atoms. The number of aromatic hydroxyl groups is 1. The lowest BCUT2D eigenvalue weighted by Gasteiger charge is -2.09. The molecule has 1 aromatic heterocycles. The van der Waals surface area contributed by atoms with Gasteiger partial charge in [-0.25, -0.2) is 8.42 Å². The smallest absolute Gasteiger partial charge is 0.307 e. The fraction of sp³-hybridized carbons (Fsp3) is 0.0833. The standard InChI is InChI=1S/C12H11NO5S2/c14-10-4-3-8(7-11(15)16)6-9(10)13-20(17,18)12-2-1-5-19-12/h1-6,13-14H,7H2,(H,15,16). The predicted molar refractivity (Wildman–Crippen MR) is 74.6 cm³/mol. The van der Waals surface area contributed by atoms with E-state index in [1.165, 1.54) is 24.3 Å². The number of carbonyl (C=O) groups is 1. The highest BCUT2D eigenvalue weighted by Crippen LogP contribution is 2.28. The van der Waals surface area contributed by atoms with Gasteiger partial charge in [0.25, 0.3) is 10.0 Å². The Morgan fingerprint density at radius 3 is 2.65 bits per heavy atom. The molecular formula is C12H11NO5S2. The summed E-state index contributed by atoms with van der Waals surface area (Å²) >= 11 is 1.04. The van der Waals surface area contributed by atoms with Gasteiger partial charge < -0.3 is 10.2 Å². The number of anilines is 1. The molecule has 0 aliphatic rings. The van der Waals surface area contributed by atoms with E-state index >= 15 is 0 Å². The first-order valence-electron chi connectivity index (χ1n) is 5.48. The molecule has 1 heterocycles. The van der Waals surface area contributed by atoms with Gasteiger partial charge in [0.2, 0.25) is 0 Å². The van der Waals surface area contributed by atoms with E-state index in [9.17, 15) is 18.3 Å². The summed E-state index contributed by atoms with van der Waals surface area (Å²) < 4.78 is 26.4. The molecule has 0 bridgehead atoms. The fourth-order valence-electron chi connectivity index (χ4n) is 1.56. The highest BCUT2D eigenvalue weighted by Gasteiger charge is 2.17. The van der Waals surface area contributed by atoms with Crippen LogP contribution >= 0.6 is 11.3 Å². The van der Waals surface area contributed by atoms with Crippen LogP contribution in [0.25, 0.3) is 0 Å². The van der Waals surface area contributed by atoms with Crippen molar-refractivity contribution in [1.82, 2.24) is 0 Å². The van der Waals surface area contributed by atoms with Gasteiger partial charge in [0.15, 0.2) is 0 Å². The third-order valence-corrected chi connectivity index (χ3v) is 5.18. The summed E-state index contributed by atoms with van der Waals surface area (Å²) in [6.45, 7) is 0. The van der Waals surface area contributed by atoms with Gasteiger partial charge in [-0.15, -0.1) is 11.3 Å². The first kappa shape index (κ1) is 14.4. The fourth-order valence-corrected chi connectivity index (χ4v) is 3.62. The van der Waals surface area contributed by atoms with Crippen molar-refractivity contribution in [2.24, 2.45) is 0 Å². The van der Waals surface area contributed by atoms with E-state index in [-0.39, 0.29) is 22.1 Å². The van der Waals surface area contributed by atoms with Gasteiger partial charge in [0.1, 0.15) is 9.96 Å². The largest absolute Gasteiger partial charge is 0.506 e. The van der Waals surface area contributed by atoms with Crippen LogP contribution in [0.2, 0.25) is 0 Å². The first-order valence-corrected chi connectivity index (χ1v) is 7.85. The number of benzene rings is 1. The molecule has 0 saturated carbocycles. The van der Waals surface area contributed by atoms with E-state index in [0.717, 1.165) is 11.3 Å². The summed E-state index contributed by atoms with van der Waals surface area (Å²) in [7, 11) is -3.78. The molecule has 0 spiro atoms. The summed E-state index contributed by atoms with van der Waals surface area (Å²) in [5, 5.41) is 20.0. The van der Waals surface area contributed by atoms with Crippen LogP contribution in [0.1, 0.15) is 5.56 Å². The maximum absolute atomic E-state index is 12.0. The summed E-state index contributed by atoms with van der Waals surface area (Å²) in [5.41, 5.74) is 0.344.